The second-order valence-electron chi connectivity index (χ2n) is 10.1. The lowest BCUT2D eigenvalue weighted by Crippen LogP contribution is -2.10. The van der Waals surface area contributed by atoms with Crippen LogP contribution >= 0.6 is 0 Å². The van der Waals surface area contributed by atoms with E-state index >= 15 is 0 Å². The molecule has 0 saturated heterocycles. The highest BCUT2D eigenvalue weighted by molar-refractivity contribution is 6.18. The first-order chi connectivity index (χ1) is 17.8. The van der Waals surface area contributed by atoms with Gasteiger partial charge in [0.2, 0.25) is 0 Å². The van der Waals surface area contributed by atoms with E-state index in [9.17, 15) is 0 Å². The van der Waals surface area contributed by atoms with E-state index in [1.807, 2.05) is 0 Å². The summed E-state index contributed by atoms with van der Waals surface area (Å²) in [6.07, 6.45) is 12.9. The number of allylic oxidation sites excluding steroid dienone is 6. The molecule has 0 nitrogen and oxygen atoms in total. The van der Waals surface area contributed by atoms with Crippen molar-refractivity contribution in [1.29, 1.82) is 0 Å². The van der Waals surface area contributed by atoms with Gasteiger partial charge in [0.25, 0.3) is 0 Å². The Hall–Kier alpha value is -4.16. The normalized spacial score (nSPS) is 17.1. The van der Waals surface area contributed by atoms with Crippen molar-refractivity contribution in [2.45, 2.75) is 19.3 Å². The van der Waals surface area contributed by atoms with Crippen molar-refractivity contribution in [1.82, 2.24) is 0 Å². The third-order valence-electron chi connectivity index (χ3n) is 7.92. The minimum absolute atomic E-state index is 0.663. The Bertz CT molecular complexity index is 1700. The maximum Gasteiger partial charge on any atom is -0.00264 e. The van der Waals surface area contributed by atoms with Crippen LogP contribution in [0.25, 0.3) is 49.4 Å². The average Bonchev–Trinajstić information content (AvgIpc) is 2.96. The molecule has 1 atom stereocenters. The highest BCUT2D eigenvalue weighted by Gasteiger charge is 2.21. The van der Waals surface area contributed by atoms with E-state index in [4.69, 9.17) is 0 Å². The molecule has 0 heterocycles. The quantitative estimate of drug-likeness (QED) is 0.235. The molecule has 5 aromatic rings. The number of hydrogen-bond donors (Lipinski definition) is 0. The number of benzene rings is 5. The molecule has 1 unspecified atom stereocenters. The second kappa shape index (κ2) is 8.81. The average molecular weight is 461 g/mol. The predicted molar refractivity (Wildman–Crippen MR) is 155 cm³/mol. The van der Waals surface area contributed by atoms with Crippen LogP contribution in [0, 0.1) is 5.92 Å². The Balaban J connectivity index is 1.40. The number of fused-ring (bicyclic) bond motifs is 4. The highest BCUT2D eigenvalue weighted by Crippen LogP contribution is 2.41. The lowest BCUT2D eigenvalue weighted by Gasteiger charge is -2.26. The van der Waals surface area contributed by atoms with E-state index in [0.717, 1.165) is 6.42 Å². The van der Waals surface area contributed by atoms with Gasteiger partial charge in [-0.25, -0.2) is 0 Å². The van der Waals surface area contributed by atoms with Gasteiger partial charge in [-0.05, 0) is 97.8 Å². The fourth-order valence-corrected chi connectivity index (χ4v) is 6.12. The van der Waals surface area contributed by atoms with Gasteiger partial charge >= 0.3 is 0 Å². The van der Waals surface area contributed by atoms with Gasteiger partial charge in [-0.2, -0.15) is 0 Å². The fraction of sp³-hybridized carbons (Fsp3) is 0.111. The summed E-state index contributed by atoms with van der Waals surface area (Å²) in [5, 5.41) is 5.24. The van der Waals surface area contributed by atoms with Gasteiger partial charge in [0.05, 0.1) is 0 Å². The SMILES string of the molecule is C1=CC2=CC=C(c3cccc(-c4cc5cccc(-c6ccccc6)c5c5ccccc45)c3)CC2CC1. The van der Waals surface area contributed by atoms with Crippen LogP contribution < -0.4 is 0 Å². The van der Waals surface area contributed by atoms with Crippen molar-refractivity contribution >= 4 is 27.1 Å². The van der Waals surface area contributed by atoms with E-state index in [1.54, 1.807) is 0 Å². The molecule has 0 bridgehead atoms. The van der Waals surface area contributed by atoms with Crippen molar-refractivity contribution < 1.29 is 0 Å². The van der Waals surface area contributed by atoms with Gasteiger partial charge in [-0.1, -0.05) is 115 Å². The Morgan fingerprint density at radius 2 is 1.36 bits per heavy atom. The summed E-state index contributed by atoms with van der Waals surface area (Å²) in [6.45, 7) is 0. The molecule has 2 aliphatic carbocycles. The number of hydrogen-bond acceptors (Lipinski definition) is 0. The Labute approximate surface area is 212 Å². The molecular formula is C36H28. The molecule has 0 amide bonds. The van der Waals surface area contributed by atoms with Crippen LogP contribution in [0.1, 0.15) is 24.8 Å². The van der Waals surface area contributed by atoms with Crippen molar-refractivity contribution in [2.75, 3.05) is 0 Å². The first-order valence-corrected chi connectivity index (χ1v) is 13.0. The molecule has 172 valence electrons. The van der Waals surface area contributed by atoms with Crippen molar-refractivity contribution in [3.8, 4) is 22.3 Å². The summed E-state index contributed by atoms with van der Waals surface area (Å²) in [7, 11) is 0. The lowest BCUT2D eigenvalue weighted by atomic mass is 9.79. The first-order valence-electron chi connectivity index (χ1n) is 13.0. The minimum atomic E-state index is 0.663. The molecule has 0 fully saturated rings. The smallest absolute Gasteiger partial charge is 0.00264 e. The van der Waals surface area contributed by atoms with Gasteiger partial charge in [0.1, 0.15) is 0 Å². The molecule has 36 heavy (non-hydrogen) atoms. The van der Waals surface area contributed by atoms with Crippen LogP contribution in [0.3, 0.4) is 0 Å². The van der Waals surface area contributed by atoms with Crippen LogP contribution in [0.15, 0.2) is 133 Å². The van der Waals surface area contributed by atoms with Gasteiger partial charge in [0, 0.05) is 0 Å². The molecular weight excluding hydrogens is 432 g/mol. The van der Waals surface area contributed by atoms with Gasteiger partial charge in [-0.3, -0.25) is 0 Å². The monoisotopic (exact) mass is 460 g/mol. The third kappa shape index (κ3) is 3.62. The summed E-state index contributed by atoms with van der Waals surface area (Å²) < 4.78 is 0. The van der Waals surface area contributed by atoms with Gasteiger partial charge in [-0.15, -0.1) is 0 Å². The van der Waals surface area contributed by atoms with Gasteiger partial charge < -0.3 is 0 Å². The van der Waals surface area contributed by atoms with E-state index < -0.39 is 0 Å². The van der Waals surface area contributed by atoms with E-state index in [2.05, 4.69) is 127 Å². The van der Waals surface area contributed by atoms with Crippen LogP contribution in [0.5, 0.6) is 0 Å². The highest BCUT2D eigenvalue weighted by atomic mass is 14.3. The maximum absolute atomic E-state index is 2.40. The topological polar surface area (TPSA) is 0 Å². The van der Waals surface area contributed by atoms with E-state index in [0.29, 0.717) is 5.92 Å². The molecule has 0 spiro atoms. The van der Waals surface area contributed by atoms with Crippen LogP contribution in [-0.2, 0) is 0 Å². The standard InChI is InChI=1S/C36H28/c1-2-11-26(12-3-1)32-19-9-16-31-24-35(33-17-6-7-18-34(33)36(31)32)30-15-8-14-28(23-30)29-21-20-25-10-4-5-13-27(25)22-29/h1-4,6-12,14-21,23-24,27H,5,13,22H2. The zero-order valence-electron chi connectivity index (χ0n) is 20.3. The minimum Gasteiger partial charge on any atom is -0.0842 e. The molecule has 2 aliphatic rings. The molecule has 7 rings (SSSR count). The van der Waals surface area contributed by atoms with Crippen molar-refractivity contribution in [3.05, 3.63) is 139 Å². The summed E-state index contributed by atoms with van der Waals surface area (Å²) in [6, 6.07) is 37.9. The molecule has 0 aliphatic heterocycles. The summed E-state index contributed by atoms with van der Waals surface area (Å²) in [5.74, 6) is 0.663. The summed E-state index contributed by atoms with van der Waals surface area (Å²) in [4.78, 5) is 0. The van der Waals surface area contributed by atoms with Crippen LogP contribution in [0.2, 0.25) is 0 Å². The molecule has 0 heteroatoms. The molecule has 0 radical (unpaired) electrons. The van der Waals surface area contributed by atoms with Crippen molar-refractivity contribution in [2.24, 2.45) is 5.92 Å². The first kappa shape index (κ1) is 21.1. The van der Waals surface area contributed by atoms with Crippen LogP contribution in [-0.4, -0.2) is 0 Å². The number of rotatable bonds is 3. The molecule has 0 N–H and O–H groups in total. The predicted octanol–water partition coefficient (Wildman–Crippen LogP) is 10.0. The summed E-state index contributed by atoms with van der Waals surface area (Å²) >= 11 is 0. The van der Waals surface area contributed by atoms with E-state index in [-0.39, 0.29) is 0 Å². The molecule has 0 saturated carbocycles. The lowest BCUT2D eigenvalue weighted by molar-refractivity contribution is 0.573. The van der Waals surface area contributed by atoms with Gasteiger partial charge in [0.15, 0.2) is 0 Å². The Kier molecular flexibility index (Phi) is 5.17. The zero-order valence-corrected chi connectivity index (χ0v) is 20.3. The summed E-state index contributed by atoms with van der Waals surface area (Å²) in [5.41, 5.74) is 9.44. The second-order valence-corrected chi connectivity index (χ2v) is 10.1. The fourth-order valence-electron chi connectivity index (χ4n) is 6.12. The zero-order chi connectivity index (χ0) is 23.9. The molecule has 0 aromatic heterocycles. The Morgan fingerprint density at radius 3 is 2.28 bits per heavy atom. The molecule has 5 aromatic carbocycles. The van der Waals surface area contributed by atoms with Crippen LogP contribution in [0.4, 0.5) is 0 Å². The van der Waals surface area contributed by atoms with E-state index in [1.165, 1.54) is 73.4 Å². The third-order valence-corrected chi connectivity index (χ3v) is 7.92. The largest absolute Gasteiger partial charge is 0.0842 e. The van der Waals surface area contributed by atoms with Crippen molar-refractivity contribution in [3.63, 3.8) is 0 Å². The maximum atomic E-state index is 2.40. The Morgan fingerprint density at radius 1 is 0.583 bits per heavy atom.